The average Bonchev–Trinajstić information content (AvgIpc) is 3.30. The van der Waals surface area contributed by atoms with Crippen LogP contribution < -0.4 is 4.90 Å². The van der Waals surface area contributed by atoms with E-state index in [1.165, 1.54) is 16.5 Å². The fourth-order valence-corrected chi connectivity index (χ4v) is 5.35. The Balaban J connectivity index is 1.48. The average molecular weight is 496 g/mol. The zero-order chi connectivity index (χ0) is 24.8. The highest BCUT2D eigenvalue weighted by atomic mass is 35.5. The maximum absolute atomic E-state index is 6.69. The highest BCUT2D eigenvalue weighted by Crippen LogP contribution is 2.45. The first-order chi connectivity index (χ1) is 18.2. The van der Waals surface area contributed by atoms with Crippen molar-refractivity contribution in [2.24, 2.45) is 0 Å². The number of fused-ring (bicyclic) bond motifs is 4. The van der Waals surface area contributed by atoms with E-state index in [2.05, 4.69) is 114 Å². The lowest BCUT2D eigenvalue weighted by Crippen LogP contribution is -2.10. The van der Waals surface area contributed by atoms with Crippen LogP contribution in [-0.2, 0) is 0 Å². The van der Waals surface area contributed by atoms with Crippen LogP contribution in [0.25, 0.3) is 43.8 Å². The number of para-hydroxylation sites is 1. The van der Waals surface area contributed by atoms with E-state index in [0.717, 1.165) is 44.4 Å². The van der Waals surface area contributed by atoms with Crippen LogP contribution >= 0.6 is 11.6 Å². The zero-order valence-corrected chi connectivity index (χ0v) is 20.7. The highest BCUT2D eigenvalue weighted by Gasteiger charge is 2.21. The van der Waals surface area contributed by atoms with Crippen molar-refractivity contribution in [2.45, 2.75) is 0 Å². The molecule has 0 bridgehead atoms. The van der Waals surface area contributed by atoms with Crippen LogP contribution in [-0.4, -0.2) is 0 Å². The van der Waals surface area contributed by atoms with E-state index >= 15 is 0 Å². The first-order valence-electron chi connectivity index (χ1n) is 12.3. The molecular formula is C34H22ClNO. The second kappa shape index (κ2) is 8.85. The van der Waals surface area contributed by atoms with Gasteiger partial charge in [0.2, 0.25) is 0 Å². The van der Waals surface area contributed by atoms with Crippen molar-refractivity contribution in [3.05, 3.63) is 138 Å². The number of hydrogen-bond acceptors (Lipinski definition) is 2. The number of anilines is 3. The van der Waals surface area contributed by atoms with Crippen LogP contribution in [0.2, 0.25) is 5.02 Å². The summed E-state index contributed by atoms with van der Waals surface area (Å²) in [6.45, 7) is 0. The van der Waals surface area contributed by atoms with Gasteiger partial charge >= 0.3 is 0 Å². The minimum Gasteiger partial charge on any atom is -0.456 e. The first kappa shape index (κ1) is 21.7. The van der Waals surface area contributed by atoms with Gasteiger partial charge in [-0.15, -0.1) is 0 Å². The topological polar surface area (TPSA) is 16.4 Å². The van der Waals surface area contributed by atoms with Crippen molar-refractivity contribution in [3.8, 4) is 11.1 Å². The van der Waals surface area contributed by atoms with Gasteiger partial charge in [-0.2, -0.15) is 0 Å². The van der Waals surface area contributed by atoms with Crippen LogP contribution in [0.4, 0.5) is 17.1 Å². The third-order valence-corrected chi connectivity index (χ3v) is 7.09. The Morgan fingerprint density at radius 1 is 0.514 bits per heavy atom. The van der Waals surface area contributed by atoms with E-state index in [-0.39, 0.29) is 0 Å². The molecule has 7 rings (SSSR count). The SMILES string of the molecule is Clc1cc(N(c2ccccc2)c2ccc(-c3ccccc3)cc2)c2c(c1)oc1cc3ccccc3cc12. The molecule has 6 aromatic carbocycles. The molecule has 0 amide bonds. The molecule has 0 N–H and O–H groups in total. The molecule has 0 spiro atoms. The summed E-state index contributed by atoms with van der Waals surface area (Å²) in [5.41, 5.74) is 7.07. The van der Waals surface area contributed by atoms with Gasteiger partial charge in [0.15, 0.2) is 0 Å². The zero-order valence-electron chi connectivity index (χ0n) is 19.9. The van der Waals surface area contributed by atoms with Crippen molar-refractivity contribution in [1.82, 2.24) is 0 Å². The Bertz CT molecular complexity index is 1870. The molecule has 1 aromatic heterocycles. The van der Waals surface area contributed by atoms with Gasteiger partial charge in [0.1, 0.15) is 11.2 Å². The summed E-state index contributed by atoms with van der Waals surface area (Å²) in [4.78, 5) is 2.26. The van der Waals surface area contributed by atoms with Crippen molar-refractivity contribution >= 4 is 61.4 Å². The lowest BCUT2D eigenvalue weighted by Gasteiger charge is -2.26. The molecule has 0 unspecified atom stereocenters. The largest absolute Gasteiger partial charge is 0.456 e. The van der Waals surface area contributed by atoms with Gasteiger partial charge in [-0.1, -0.05) is 96.5 Å². The molecule has 0 fully saturated rings. The van der Waals surface area contributed by atoms with E-state index < -0.39 is 0 Å². The lowest BCUT2D eigenvalue weighted by molar-refractivity contribution is 0.669. The summed E-state index contributed by atoms with van der Waals surface area (Å²) in [6, 6.07) is 46.1. The summed E-state index contributed by atoms with van der Waals surface area (Å²) < 4.78 is 6.37. The minimum atomic E-state index is 0.632. The predicted molar refractivity (Wildman–Crippen MR) is 156 cm³/mol. The third kappa shape index (κ3) is 3.83. The van der Waals surface area contributed by atoms with E-state index in [9.17, 15) is 0 Å². The summed E-state index contributed by atoms with van der Waals surface area (Å²) >= 11 is 6.69. The monoisotopic (exact) mass is 495 g/mol. The molecule has 0 radical (unpaired) electrons. The normalized spacial score (nSPS) is 11.4. The number of furan rings is 1. The molecule has 0 atom stereocenters. The number of hydrogen-bond donors (Lipinski definition) is 0. The number of nitrogens with zero attached hydrogens (tertiary/aromatic N) is 1. The van der Waals surface area contributed by atoms with Crippen molar-refractivity contribution in [1.29, 1.82) is 0 Å². The molecule has 0 aliphatic rings. The molecule has 0 aliphatic carbocycles. The number of rotatable bonds is 4. The number of benzene rings is 6. The summed E-state index contributed by atoms with van der Waals surface area (Å²) in [6.07, 6.45) is 0. The van der Waals surface area contributed by atoms with Crippen molar-refractivity contribution < 1.29 is 4.42 Å². The van der Waals surface area contributed by atoms with Crippen molar-refractivity contribution in [2.75, 3.05) is 4.90 Å². The standard InChI is InChI=1S/C34H22ClNO/c35-27-21-31(34-30-19-25-11-7-8-12-26(25)20-32(30)37-33(34)22-27)36(28-13-5-2-6-14-28)29-17-15-24(16-18-29)23-9-3-1-4-10-23/h1-22H. The van der Waals surface area contributed by atoms with Gasteiger partial charge in [-0.05, 0) is 64.4 Å². The Morgan fingerprint density at radius 2 is 1.11 bits per heavy atom. The smallest absolute Gasteiger partial charge is 0.139 e. The van der Waals surface area contributed by atoms with Gasteiger partial charge in [-0.25, -0.2) is 0 Å². The molecule has 0 aliphatic heterocycles. The molecule has 0 saturated carbocycles. The van der Waals surface area contributed by atoms with Gasteiger partial charge in [-0.3, -0.25) is 0 Å². The molecule has 2 nitrogen and oxygen atoms in total. The Labute approximate surface area is 220 Å². The van der Waals surface area contributed by atoms with Crippen LogP contribution in [0, 0.1) is 0 Å². The maximum atomic E-state index is 6.69. The maximum Gasteiger partial charge on any atom is 0.139 e. The van der Waals surface area contributed by atoms with E-state index in [4.69, 9.17) is 16.0 Å². The van der Waals surface area contributed by atoms with Crippen molar-refractivity contribution in [3.63, 3.8) is 0 Å². The van der Waals surface area contributed by atoms with Crippen LogP contribution in [0.1, 0.15) is 0 Å². The molecule has 3 heteroatoms. The third-order valence-electron chi connectivity index (χ3n) is 6.87. The van der Waals surface area contributed by atoms with Gasteiger partial charge in [0, 0.05) is 27.8 Å². The number of halogens is 1. The second-order valence-corrected chi connectivity index (χ2v) is 9.62. The molecule has 37 heavy (non-hydrogen) atoms. The quantitative estimate of drug-likeness (QED) is 0.241. The Morgan fingerprint density at radius 3 is 1.84 bits per heavy atom. The Kier molecular flexibility index (Phi) is 5.20. The molecule has 0 saturated heterocycles. The van der Waals surface area contributed by atoms with E-state index in [1.807, 2.05) is 24.3 Å². The van der Waals surface area contributed by atoms with E-state index in [0.29, 0.717) is 5.02 Å². The van der Waals surface area contributed by atoms with Gasteiger partial charge in [0.25, 0.3) is 0 Å². The lowest BCUT2D eigenvalue weighted by atomic mass is 10.0. The van der Waals surface area contributed by atoms with Crippen LogP contribution in [0.3, 0.4) is 0 Å². The van der Waals surface area contributed by atoms with E-state index in [1.54, 1.807) is 0 Å². The van der Waals surface area contributed by atoms with Crippen LogP contribution in [0.5, 0.6) is 0 Å². The minimum absolute atomic E-state index is 0.632. The van der Waals surface area contributed by atoms with Crippen LogP contribution in [0.15, 0.2) is 138 Å². The molecular weight excluding hydrogens is 474 g/mol. The van der Waals surface area contributed by atoms with Gasteiger partial charge < -0.3 is 9.32 Å². The molecule has 176 valence electrons. The van der Waals surface area contributed by atoms with Gasteiger partial charge in [0.05, 0.1) is 11.1 Å². The fourth-order valence-electron chi connectivity index (χ4n) is 5.15. The Hall–Kier alpha value is -4.53. The summed E-state index contributed by atoms with van der Waals surface area (Å²) in [7, 11) is 0. The molecule has 7 aromatic rings. The fraction of sp³-hybridized carbons (Fsp3) is 0. The second-order valence-electron chi connectivity index (χ2n) is 9.18. The molecule has 1 heterocycles. The summed E-state index contributed by atoms with van der Waals surface area (Å²) in [5.74, 6) is 0. The highest BCUT2D eigenvalue weighted by molar-refractivity contribution is 6.32. The summed E-state index contributed by atoms with van der Waals surface area (Å²) in [5, 5.41) is 5.08. The first-order valence-corrected chi connectivity index (χ1v) is 12.7. The predicted octanol–water partition coefficient (Wildman–Crippen LogP) is 10.5.